The SMILES string of the molecule is CCCCN(CCCC)Cc1ccc(C(=O)NNC(=S)Nc2ccc(C)c(C)c2)o1. The first-order valence-electron chi connectivity index (χ1n) is 10.7. The van der Waals surface area contributed by atoms with E-state index < -0.39 is 0 Å². The molecule has 30 heavy (non-hydrogen) atoms. The molecule has 0 aliphatic carbocycles. The summed E-state index contributed by atoms with van der Waals surface area (Å²) in [5, 5.41) is 3.36. The van der Waals surface area contributed by atoms with Crippen LogP contribution in [0.3, 0.4) is 0 Å². The van der Waals surface area contributed by atoms with Gasteiger partial charge in [0.15, 0.2) is 10.9 Å². The van der Waals surface area contributed by atoms with E-state index in [2.05, 4.69) is 41.8 Å². The summed E-state index contributed by atoms with van der Waals surface area (Å²) in [6.07, 6.45) is 4.64. The van der Waals surface area contributed by atoms with Gasteiger partial charge in [0.2, 0.25) is 0 Å². The van der Waals surface area contributed by atoms with Gasteiger partial charge >= 0.3 is 5.91 Å². The van der Waals surface area contributed by atoms with E-state index in [4.69, 9.17) is 16.6 Å². The van der Waals surface area contributed by atoms with Gasteiger partial charge in [-0.2, -0.15) is 0 Å². The first-order chi connectivity index (χ1) is 14.4. The van der Waals surface area contributed by atoms with Crippen molar-refractivity contribution < 1.29 is 9.21 Å². The second-order valence-corrected chi connectivity index (χ2v) is 7.99. The van der Waals surface area contributed by atoms with Crippen molar-refractivity contribution in [1.82, 2.24) is 15.8 Å². The zero-order valence-corrected chi connectivity index (χ0v) is 19.3. The normalized spacial score (nSPS) is 10.8. The molecule has 0 atom stereocenters. The Hall–Kier alpha value is -2.38. The van der Waals surface area contributed by atoms with E-state index in [0.29, 0.717) is 11.7 Å². The highest BCUT2D eigenvalue weighted by molar-refractivity contribution is 7.80. The highest BCUT2D eigenvalue weighted by atomic mass is 32.1. The van der Waals surface area contributed by atoms with E-state index in [9.17, 15) is 4.79 Å². The van der Waals surface area contributed by atoms with Crippen LogP contribution < -0.4 is 16.2 Å². The molecular weight excluding hydrogens is 396 g/mol. The lowest BCUT2D eigenvalue weighted by Crippen LogP contribution is -2.43. The number of unbranched alkanes of at least 4 members (excludes halogenated alkanes) is 2. The fraction of sp³-hybridized carbons (Fsp3) is 0.478. The molecule has 2 rings (SSSR count). The van der Waals surface area contributed by atoms with Crippen molar-refractivity contribution in [3.8, 4) is 0 Å². The summed E-state index contributed by atoms with van der Waals surface area (Å²) < 4.78 is 5.76. The largest absolute Gasteiger partial charge is 0.454 e. The van der Waals surface area contributed by atoms with Gasteiger partial charge in [-0.05, 0) is 87.4 Å². The number of carbonyl (C=O) groups excluding carboxylic acids is 1. The topological polar surface area (TPSA) is 69.5 Å². The molecule has 0 spiro atoms. The van der Waals surface area contributed by atoms with Crippen molar-refractivity contribution in [2.75, 3.05) is 18.4 Å². The monoisotopic (exact) mass is 430 g/mol. The second kappa shape index (κ2) is 12.3. The molecule has 1 aromatic heterocycles. The fourth-order valence-corrected chi connectivity index (χ4v) is 3.16. The molecule has 6 nitrogen and oxygen atoms in total. The maximum Gasteiger partial charge on any atom is 0.305 e. The third-order valence-corrected chi connectivity index (χ3v) is 5.18. The molecule has 0 saturated heterocycles. The number of aryl methyl sites for hydroxylation is 2. The van der Waals surface area contributed by atoms with Crippen molar-refractivity contribution in [3.63, 3.8) is 0 Å². The number of hydrogen-bond acceptors (Lipinski definition) is 4. The molecule has 0 bridgehead atoms. The van der Waals surface area contributed by atoms with Gasteiger partial charge in [-0.1, -0.05) is 32.8 Å². The van der Waals surface area contributed by atoms with Gasteiger partial charge in [0.25, 0.3) is 0 Å². The molecule has 2 aromatic rings. The van der Waals surface area contributed by atoms with Crippen LogP contribution in [-0.2, 0) is 6.54 Å². The van der Waals surface area contributed by atoms with Crippen LogP contribution in [0.5, 0.6) is 0 Å². The molecule has 3 N–H and O–H groups in total. The summed E-state index contributed by atoms with van der Waals surface area (Å²) in [6.45, 7) is 11.3. The summed E-state index contributed by atoms with van der Waals surface area (Å²) >= 11 is 5.25. The summed E-state index contributed by atoms with van der Waals surface area (Å²) in [7, 11) is 0. The van der Waals surface area contributed by atoms with Crippen molar-refractivity contribution in [3.05, 3.63) is 53.0 Å². The Kier molecular flexibility index (Phi) is 9.83. The Labute approximate surface area is 185 Å². The zero-order chi connectivity index (χ0) is 21.9. The Morgan fingerprint density at radius 3 is 2.33 bits per heavy atom. The van der Waals surface area contributed by atoms with Crippen LogP contribution >= 0.6 is 12.2 Å². The van der Waals surface area contributed by atoms with Gasteiger partial charge in [-0.3, -0.25) is 20.5 Å². The van der Waals surface area contributed by atoms with E-state index >= 15 is 0 Å². The van der Waals surface area contributed by atoms with Gasteiger partial charge < -0.3 is 9.73 Å². The average molecular weight is 431 g/mol. The van der Waals surface area contributed by atoms with Gasteiger partial charge in [0.1, 0.15) is 5.76 Å². The maximum absolute atomic E-state index is 12.4. The van der Waals surface area contributed by atoms with Crippen molar-refractivity contribution in [2.24, 2.45) is 0 Å². The summed E-state index contributed by atoms with van der Waals surface area (Å²) in [6, 6.07) is 9.54. The molecular formula is C23H34N4O2S. The summed E-state index contributed by atoms with van der Waals surface area (Å²) in [5.41, 5.74) is 8.55. The number of thiocarbonyl (C=S) groups is 1. The van der Waals surface area contributed by atoms with E-state index in [1.54, 1.807) is 6.07 Å². The molecule has 0 aliphatic heterocycles. The van der Waals surface area contributed by atoms with E-state index in [1.165, 1.54) is 11.1 Å². The van der Waals surface area contributed by atoms with Crippen LogP contribution in [0.2, 0.25) is 0 Å². The number of furan rings is 1. The molecule has 0 aliphatic rings. The van der Waals surface area contributed by atoms with Crippen LogP contribution in [0, 0.1) is 13.8 Å². The number of nitrogens with zero attached hydrogens (tertiary/aromatic N) is 1. The quantitative estimate of drug-likeness (QED) is 0.367. The molecule has 0 saturated carbocycles. The Morgan fingerprint density at radius 2 is 1.70 bits per heavy atom. The van der Waals surface area contributed by atoms with Gasteiger partial charge in [-0.25, -0.2) is 0 Å². The molecule has 1 amide bonds. The zero-order valence-electron chi connectivity index (χ0n) is 18.5. The lowest BCUT2D eigenvalue weighted by molar-refractivity contribution is 0.0912. The van der Waals surface area contributed by atoms with Crippen molar-refractivity contribution in [2.45, 2.75) is 59.9 Å². The summed E-state index contributed by atoms with van der Waals surface area (Å²) in [5.74, 6) is 0.694. The highest BCUT2D eigenvalue weighted by Gasteiger charge is 2.14. The highest BCUT2D eigenvalue weighted by Crippen LogP contribution is 2.14. The number of benzene rings is 1. The molecule has 0 unspecified atom stereocenters. The minimum absolute atomic E-state index is 0.261. The number of hydrazine groups is 1. The number of carbonyl (C=O) groups is 1. The van der Waals surface area contributed by atoms with Crippen LogP contribution in [0.1, 0.15) is 67.0 Å². The van der Waals surface area contributed by atoms with Crippen molar-refractivity contribution >= 4 is 28.9 Å². The number of amides is 1. The van der Waals surface area contributed by atoms with Crippen LogP contribution in [0.15, 0.2) is 34.7 Å². The molecule has 7 heteroatoms. The third kappa shape index (κ3) is 7.80. The average Bonchev–Trinajstić information content (AvgIpc) is 3.19. The minimum Gasteiger partial charge on any atom is -0.454 e. The van der Waals surface area contributed by atoms with Crippen molar-refractivity contribution in [1.29, 1.82) is 0 Å². The van der Waals surface area contributed by atoms with Crippen LogP contribution in [0.25, 0.3) is 0 Å². The molecule has 164 valence electrons. The summed E-state index contributed by atoms with van der Waals surface area (Å²) in [4.78, 5) is 14.8. The fourth-order valence-electron chi connectivity index (χ4n) is 3.00. The van der Waals surface area contributed by atoms with Gasteiger partial charge in [0, 0.05) is 5.69 Å². The predicted molar refractivity (Wildman–Crippen MR) is 127 cm³/mol. The van der Waals surface area contributed by atoms with E-state index in [0.717, 1.165) is 50.2 Å². The van der Waals surface area contributed by atoms with Gasteiger partial charge in [-0.15, -0.1) is 0 Å². The van der Waals surface area contributed by atoms with Crippen LogP contribution in [0.4, 0.5) is 5.69 Å². The third-order valence-electron chi connectivity index (χ3n) is 4.98. The molecule has 0 fully saturated rings. The number of nitrogens with one attached hydrogen (secondary N) is 3. The maximum atomic E-state index is 12.4. The number of hydrogen-bond donors (Lipinski definition) is 3. The first-order valence-corrected chi connectivity index (χ1v) is 11.1. The lowest BCUT2D eigenvalue weighted by Gasteiger charge is -2.20. The standard InChI is InChI=1S/C23H34N4O2S/c1-5-7-13-27(14-8-6-2)16-20-11-12-21(29-20)22(28)25-26-23(30)24-19-10-9-17(3)18(4)15-19/h9-12,15H,5-8,13-14,16H2,1-4H3,(H,25,28)(H2,24,26,30). The smallest absolute Gasteiger partial charge is 0.305 e. The Bertz CT molecular complexity index is 826. The molecule has 1 heterocycles. The van der Waals surface area contributed by atoms with E-state index in [-0.39, 0.29) is 11.7 Å². The Morgan fingerprint density at radius 1 is 1.00 bits per heavy atom. The molecule has 1 aromatic carbocycles. The van der Waals surface area contributed by atoms with E-state index in [1.807, 2.05) is 31.2 Å². The number of rotatable bonds is 10. The first kappa shape index (κ1) is 23.9. The predicted octanol–water partition coefficient (Wildman–Crippen LogP) is 4.93. The minimum atomic E-state index is -0.362. The Balaban J connectivity index is 1.84. The van der Waals surface area contributed by atoms with Gasteiger partial charge in [0.05, 0.1) is 6.54 Å². The lowest BCUT2D eigenvalue weighted by atomic mass is 10.1. The number of anilines is 1. The molecule has 0 radical (unpaired) electrons. The second-order valence-electron chi connectivity index (χ2n) is 7.58. The van der Waals surface area contributed by atoms with Crippen LogP contribution in [-0.4, -0.2) is 29.0 Å².